The molecule has 16 heavy (non-hydrogen) atoms. The summed E-state index contributed by atoms with van der Waals surface area (Å²) in [6, 6.07) is 4.34. The van der Waals surface area contributed by atoms with Crippen LogP contribution in [0.3, 0.4) is 0 Å². The third-order valence-electron chi connectivity index (χ3n) is 2.67. The molecule has 2 N–H and O–H groups in total. The van der Waals surface area contributed by atoms with Crippen LogP contribution in [-0.4, -0.2) is 31.8 Å². The molecule has 90 valence electrons. The molecule has 0 aromatic carbocycles. The highest BCUT2D eigenvalue weighted by atomic mass is 16.5. The molecule has 0 aliphatic rings. The predicted octanol–water partition coefficient (Wildman–Crippen LogP) is 1.32. The third-order valence-corrected chi connectivity index (χ3v) is 2.67. The van der Waals surface area contributed by atoms with Crippen LogP contribution < -0.4 is 10.6 Å². The summed E-state index contributed by atoms with van der Waals surface area (Å²) in [5, 5.41) is 0. The number of hydrogen-bond donors (Lipinski definition) is 1. The fourth-order valence-corrected chi connectivity index (χ4v) is 1.60. The predicted molar refractivity (Wildman–Crippen MR) is 66.6 cm³/mol. The maximum atomic E-state index is 5.65. The Balaban J connectivity index is 2.89. The molecule has 1 aromatic heterocycles. The summed E-state index contributed by atoms with van der Waals surface area (Å²) in [6.07, 6.45) is 0. The van der Waals surface area contributed by atoms with E-state index in [1.54, 1.807) is 7.11 Å². The SMILES string of the molecule is COCC(C)N(C)c1cc(CN)cc(C)n1. The molecule has 0 amide bonds. The van der Waals surface area contributed by atoms with E-state index in [0.29, 0.717) is 19.2 Å². The Labute approximate surface area is 97.4 Å². The molecule has 4 nitrogen and oxygen atoms in total. The standard InChI is InChI=1S/C12H21N3O/c1-9-5-11(7-13)6-12(14-9)15(3)10(2)8-16-4/h5-6,10H,7-8,13H2,1-4H3. The molecule has 0 saturated heterocycles. The molecule has 0 radical (unpaired) electrons. The van der Waals surface area contributed by atoms with Crippen LogP contribution in [0.5, 0.6) is 0 Å². The number of nitrogens with zero attached hydrogens (tertiary/aromatic N) is 2. The Morgan fingerprint density at radius 1 is 1.50 bits per heavy atom. The number of rotatable bonds is 5. The second-order valence-electron chi connectivity index (χ2n) is 4.09. The van der Waals surface area contributed by atoms with Crippen LogP contribution in [0.4, 0.5) is 5.82 Å². The topological polar surface area (TPSA) is 51.4 Å². The molecule has 0 bridgehead atoms. The lowest BCUT2D eigenvalue weighted by atomic mass is 10.2. The summed E-state index contributed by atoms with van der Waals surface area (Å²) in [5.41, 5.74) is 7.76. The molecule has 0 fully saturated rings. The lowest BCUT2D eigenvalue weighted by Gasteiger charge is -2.26. The van der Waals surface area contributed by atoms with Crippen LogP contribution in [0, 0.1) is 6.92 Å². The van der Waals surface area contributed by atoms with Crippen molar-refractivity contribution < 1.29 is 4.74 Å². The molecule has 0 spiro atoms. The van der Waals surface area contributed by atoms with Crippen LogP contribution in [0.25, 0.3) is 0 Å². The Bertz CT molecular complexity index is 341. The van der Waals surface area contributed by atoms with Gasteiger partial charge >= 0.3 is 0 Å². The average Bonchev–Trinajstić information content (AvgIpc) is 2.27. The minimum absolute atomic E-state index is 0.296. The van der Waals surface area contributed by atoms with Gasteiger partial charge in [0.2, 0.25) is 0 Å². The van der Waals surface area contributed by atoms with Gasteiger partial charge in [0.25, 0.3) is 0 Å². The number of hydrogen-bond acceptors (Lipinski definition) is 4. The summed E-state index contributed by atoms with van der Waals surface area (Å²) in [5.74, 6) is 0.949. The molecule has 1 atom stereocenters. The van der Waals surface area contributed by atoms with Gasteiger partial charge in [-0.2, -0.15) is 0 Å². The quantitative estimate of drug-likeness (QED) is 0.818. The van der Waals surface area contributed by atoms with Gasteiger partial charge in [-0.15, -0.1) is 0 Å². The van der Waals surface area contributed by atoms with Crippen molar-refractivity contribution in [1.29, 1.82) is 0 Å². The first-order valence-electron chi connectivity index (χ1n) is 5.48. The minimum atomic E-state index is 0.296. The molecule has 4 heteroatoms. The number of pyridine rings is 1. The smallest absolute Gasteiger partial charge is 0.129 e. The van der Waals surface area contributed by atoms with Crippen LogP contribution in [-0.2, 0) is 11.3 Å². The largest absolute Gasteiger partial charge is 0.383 e. The molecular weight excluding hydrogens is 202 g/mol. The van der Waals surface area contributed by atoms with Crippen molar-refractivity contribution in [3.8, 4) is 0 Å². The zero-order valence-electron chi connectivity index (χ0n) is 10.5. The van der Waals surface area contributed by atoms with E-state index in [2.05, 4.69) is 16.8 Å². The van der Waals surface area contributed by atoms with Gasteiger partial charge in [-0.05, 0) is 31.5 Å². The van der Waals surface area contributed by atoms with Crippen LogP contribution in [0.1, 0.15) is 18.2 Å². The normalized spacial score (nSPS) is 12.6. The lowest BCUT2D eigenvalue weighted by molar-refractivity contribution is 0.183. The highest BCUT2D eigenvalue weighted by Crippen LogP contribution is 2.15. The first kappa shape index (κ1) is 12.9. The van der Waals surface area contributed by atoms with Crippen molar-refractivity contribution >= 4 is 5.82 Å². The molecule has 1 heterocycles. The Morgan fingerprint density at radius 3 is 2.75 bits per heavy atom. The molecule has 1 unspecified atom stereocenters. The van der Waals surface area contributed by atoms with Gasteiger partial charge < -0.3 is 15.4 Å². The van der Waals surface area contributed by atoms with Gasteiger partial charge in [0.15, 0.2) is 0 Å². The first-order valence-corrected chi connectivity index (χ1v) is 5.48. The minimum Gasteiger partial charge on any atom is -0.383 e. The van der Waals surface area contributed by atoms with Crippen molar-refractivity contribution in [2.75, 3.05) is 25.7 Å². The van der Waals surface area contributed by atoms with E-state index in [-0.39, 0.29) is 0 Å². The zero-order valence-corrected chi connectivity index (χ0v) is 10.5. The van der Waals surface area contributed by atoms with E-state index in [1.807, 2.05) is 26.1 Å². The molecular formula is C12H21N3O. The summed E-state index contributed by atoms with van der Waals surface area (Å²) in [4.78, 5) is 6.61. The second kappa shape index (κ2) is 5.82. The number of nitrogens with two attached hydrogens (primary N) is 1. The first-order chi connectivity index (χ1) is 7.58. The second-order valence-corrected chi connectivity index (χ2v) is 4.09. The van der Waals surface area contributed by atoms with E-state index >= 15 is 0 Å². The summed E-state index contributed by atoms with van der Waals surface area (Å²) in [7, 11) is 3.73. The van der Waals surface area contributed by atoms with Gasteiger partial charge in [0, 0.05) is 26.4 Å². The van der Waals surface area contributed by atoms with Crippen molar-refractivity contribution in [3.63, 3.8) is 0 Å². The Morgan fingerprint density at radius 2 is 2.19 bits per heavy atom. The summed E-state index contributed by atoms with van der Waals surface area (Å²) >= 11 is 0. The zero-order chi connectivity index (χ0) is 12.1. The highest BCUT2D eigenvalue weighted by molar-refractivity contribution is 5.42. The van der Waals surface area contributed by atoms with E-state index in [1.165, 1.54) is 0 Å². The summed E-state index contributed by atoms with van der Waals surface area (Å²) in [6.45, 7) is 5.32. The Kier molecular flexibility index (Phi) is 4.71. The maximum Gasteiger partial charge on any atom is 0.129 e. The third kappa shape index (κ3) is 3.18. The molecule has 0 aliphatic heterocycles. The number of methoxy groups -OCH3 is 1. The van der Waals surface area contributed by atoms with Gasteiger partial charge in [-0.25, -0.2) is 4.98 Å². The molecule has 1 rings (SSSR count). The van der Waals surface area contributed by atoms with Crippen LogP contribution in [0.15, 0.2) is 12.1 Å². The van der Waals surface area contributed by atoms with Gasteiger partial charge in [0.05, 0.1) is 12.6 Å². The van der Waals surface area contributed by atoms with Crippen LogP contribution >= 0.6 is 0 Å². The van der Waals surface area contributed by atoms with Crippen molar-refractivity contribution in [2.45, 2.75) is 26.4 Å². The van der Waals surface area contributed by atoms with E-state index in [4.69, 9.17) is 10.5 Å². The molecule has 1 aromatic rings. The fraction of sp³-hybridized carbons (Fsp3) is 0.583. The average molecular weight is 223 g/mol. The van der Waals surface area contributed by atoms with Crippen LogP contribution in [0.2, 0.25) is 0 Å². The van der Waals surface area contributed by atoms with Crippen molar-refractivity contribution in [2.24, 2.45) is 5.73 Å². The van der Waals surface area contributed by atoms with Gasteiger partial charge in [0.1, 0.15) is 5.82 Å². The number of aromatic nitrogens is 1. The lowest BCUT2D eigenvalue weighted by Crippen LogP contribution is -2.33. The maximum absolute atomic E-state index is 5.65. The van der Waals surface area contributed by atoms with Gasteiger partial charge in [-0.1, -0.05) is 0 Å². The summed E-state index contributed by atoms with van der Waals surface area (Å²) < 4.78 is 5.14. The van der Waals surface area contributed by atoms with Crippen molar-refractivity contribution in [1.82, 2.24) is 4.98 Å². The monoisotopic (exact) mass is 223 g/mol. The number of aryl methyl sites for hydroxylation is 1. The number of likely N-dealkylation sites (N-methyl/N-ethyl adjacent to an activating group) is 1. The van der Waals surface area contributed by atoms with E-state index < -0.39 is 0 Å². The number of anilines is 1. The number of ether oxygens (including phenoxy) is 1. The van der Waals surface area contributed by atoms with E-state index in [0.717, 1.165) is 17.1 Å². The van der Waals surface area contributed by atoms with Crippen molar-refractivity contribution in [3.05, 3.63) is 23.4 Å². The molecule has 0 aliphatic carbocycles. The van der Waals surface area contributed by atoms with E-state index in [9.17, 15) is 0 Å². The highest BCUT2D eigenvalue weighted by Gasteiger charge is 2.11. The Hall–Kier alpha value is -1.13. The van der Waals surface area contributed by atoms with Gasteiger partial charge in [-0.3, -0.25) is 0 Å². The fourth-order valence-electron chi connectivity index (χ4n) is 1.60. The molecule has 0 saturated carbocycles.